The van der Waals surface area contributed by atoms with E-state index in [1.165, 1.54) is 0 Å². The third-order valence-electron chi connectivity index (χ3n) is 1.56. The van der Waals surface area contributed by atoms with Crippen molar-refractivity contribution in [3.63, 3.8) is 0 Å². The molecule has 0 aliphatic carbocycles. The number of rotatable bonds is 6. The SMILES string of the molecule is CC(O[P+](=O)OC(C)=C(O)C(F)F)=C(O)C(F)F. The van der Waals surface area contributed by atoms with E-state index < -0.39 is 44.1 Å². The van der Waals surface area contributed by atoms with Gasteiger partial charge in [-0.1, -0.05) is 0 Å². The highest BCUT2D eigenvalue weighted by molar-refractivity contribution is 7.33. The summed E-state index contributed by atoms with van der Waals surface area (Å²) in [6.45, 7) is 1.76. The van der Waals surface area contributed by atoms with Crippen LogP contribution in [0.4, 0.5) is 17.6 Å². The van der Waals surface area contributed by atoms with Gasteiger partial charge in [0, 0.05) is 18.4 Å². The lowest BCUT2D eigenvalue weighted by molar-refractivity contribution is 0.114. The molecule has 0 aromatic rings. The fourth-order valence-electron chi connectivity index (χ4n) is 0.643. The Balaban J connectivity index is 4.65. The van der Waals surface area contributed by atoms with E-state index in [4.69, 9.17) is 10.2 Å². The summed E-state index contributed by atoms with van der Waals surface area (Å²) in [5.41, 5.74) is 0. The van der Waals surface area contributed by atoms with Crippen molar-refractivity contribution in [2.45, 2.75) is 26.7 Å². The molecule has 0 amide bonds. The molecular weight excluding hydrogens is 283 g/mol. The maximum absolute atomic E-state index is 12.0. The Morgan fingerprint density at radius 1 is 0.944 bits per heavy atom. The van der Waals surface area contributed by atoms with Gasteiger partial charge in [-0.25, -0.2) is 26.6 Å². The standard InChI is InChI=1S/C8H9F4O5P/c1-3(5(13)7(9)10)16-18(15)17-4(2)6(14)8(11)12/h7-8H,1-2H3,(H-,13,14)/p+1. The van der Waals surface area contributed by atoms with Crippen molar-refractivity contribution in [2.75, 3.05) is 0 Å². The fraction of sp³-hybridized carbons (Fsp3) is 0.500. The third-order valence-corrected chi connectivity index (χ3v) is 2.40. The smallest absolute Gasteiger partial charge is 0.504 e. The molecule has 0 atom stereocenters. The van der Waals surface area contributed by atoms with Crippen LogP contribution in [0.25, 0.3) is 0 Å². The van der Waals surface area contributed by atoms with Crippen LogP contribution in [0.15, 0.2) is 23.0 Å². The Bertz CT molecular complexity index is 346. The maximum atomic E-state index is 12.0. The first-order valence-corrected chi connectivity index (χ1v) is 5.45. The minimum Gasteiger partial charge on any atom is -0.504 e. The van der Waals surface area contributed by atoms with E-state index in [0.717, 1.165) is 13.8 Å². The lowest BCUT2D eigenvalue weighted by Crippen LogP contribution is -2.01. The molecule has 0 aliphatic heterocycles. The summed E-state index contributed by atoms with van der Waals surface area (Å²) >= 11 is 0. The van der Waals surface area contributed by atoms with Gasteiger partial charge >= 0.3 is 8.25 Å². The quantitative estimate of drug-likeness (QED) is 0.442. The molecule has 104 valence electrons. The number of allylic oxidation sites excluding steroid dienone is 4. The summed E-state index contributed by atoms with van der Waals surface area (Å²) in [4.78, 5) is 0. The molecule has 0 aromatic carbocycles. The molecule has 0 rings (SSSR count). The molecule has 0 bridgehead atoms. The van der Waals surface area contributed by atoms with Crippen molar-refractivity contribution in [2.24, 2.45) is 0 Å². The van der Waals surface area contributed by atoms with Crippen LogP contribution in [0.5, 0.6) is 0 Å². The summed E-state index contributed by atoms with van der Waals surface area (Å²) in [7, 11) is -3.13. The second-order valence-corrected chi connectivity index (χ2v) is 3.70. The monoisotopic (exact) mass is 293 g/mol. The third kappa shape index (κ3) is 5.22. The van der Waals surface area contributed by atoms with Crippen molar-refractivity contribution in [3.8, 4) is 0 Å². The highest BCUT2D eigenvalue weighted by atomic mass is 31.1. The second kappa shape index (κ2) is 7.05. The van der Waals surface area contributed by atoms with Crippen LogP contribution in [0, 0.1) is 0 Å². The van der Waals surface area contributed by atoms with E-state index in [0.29, 0.717) is 0 Å². The normalized spacial score (nSPS) is 15.2. The predicted molar refractivity (Wildman–Crippen MR) is 52.4 cm³/mol. The lowest BCUT2D eigenvalue weighted by Gasteiger charge is -2.00. The van der Waals surface area contributed by atoms with Gasteiger partial charge in [0.05, 0.1) is 0 Å². The highest BCUT2D eigenvalue weighted by Crippen LogP contribution is 2.33. The van der Waals surface area contributed by atoms with Crippen molar-refractivity contribution < 1.29 is 41.4 Å². The maximum Gasteiger partial charge on any atom is 0.805 e. The molecule has 0 saturated carbocycles. The fourth-order valence-corrected chi connectivity index (χ4v) is 1.31. The van der Waals surface area contributed by atoms with Crippen LogP contribution in [0.3, 0.4) is 0 Å². The van der Waals surface area contributed by atoms with Crippen molar-refractivity contribution in [1.29, 1.82) is 0 Å². The van der Waals surface area contributed by atoms with Gasteiger partial charge in [-0.05, 0) is 0 Å². The molecule has 0 radical (unpaired) electrons. The van der Waals surface area contributed by atoms with Gasteiger partial charge in [0.2, 0.25) is 23.0 Å². The zero-order valence-electron chi connectivity index (χ0n) is 9.23. The molecule has 10 heteroatoms. The lowest BCUT2D eigenvalue weighted by atomic mass is 10.4. The molecule has 5 nitrogen and oxygen atoms in total. The Hall–Kier alpha value is -1.50. The zero-order chi connectivity index (χ0) is 14.5. The molecule has 2 N–H and O–H groups in total. The molecule has 0 unspecified atom stereocenters. The van der Waals surface area contributed by atoms with E-state index in [9.17, 15) is 22.1 Å². The van der Waals surface area contributed by atoms with Gasteiger partial charge in [-0.15, -0.1) is 0 Å². The number of hydrogen-bond acceptors (Lipinski definition) is 5. The molecule has 18 heavy (non-hydrogen) atoms. The Kier molecular flexibility index (Phi) is 6.46. The molecule has 0 heterocycles. The van der Waals surface area contributed by atoms with Crippen LogP contribution < -0.4 is 0 Å². The van der Waals surface area contributed by atoms with E-state index in [1.54, 1.807) is 0 Å². The van der Waals surface area contributed by atoms with Crippen LogP contribution >= 0.6 is 8.25 Å². The van der Waals surface area contributed by atoms with Gasteiger partial charge in [-0.2, -0.15) is 0 Å². The first-order valence-electron chi connectivity index (χ1n) is 4.35. The average molecular weight is 293 g/mol. The largest absolute Gasteiger partial charge is 0.805 e. The summed E-state index contributed by atoms with van der Waals surface area (Å²) < 4.78 is 67.3. The van der Waals surface area contributed by atoms with E-state index in [-0.39, 0.29) is 0 Å². The minimum absolute atomic E-state index is 0.782. The van der Waals surface area contributed by atoms with Crippen LogP contribution in [0.2, 0.25) is 0 Å². The number of hydrogen-bond donors (Lipinski definition) is 2. The summed E-state index contributed by atoms with van der Waals surface area (Å²) in [6, 6.07) is 0. The second-order valence-electron chi connectivity index (χ2n) is 2.89. The summed E-state index contributed by atoms with van der Waals surface area (Å²) in [5.74, 6) is -4.48. The molecule has 0 saturated heterocycles. The van der Waals surface area contributed by atoms with Crippen molar-refractivity contribution >= 4 is 8.25 Å². The minimum atomic E-state index is -3.24. The highest BCUT2D eigenvalue weighted by Gasteiger charge is 2.30. The number of alkyl halides is 4. The van der Waals surface area contributed by atoms with Gasteiger partial charge in [-0.3, -0.25) is 0 Å². The van der Waals surface area contributed by atoms with Gasteiger partial charge in [0.25, 0.3) is 12.9 Å². The molecule has 0 aromatic heterocycles. The first-order chi connectivity index (χ1) is 8.16. The van der Waals surface area contributed by atoms with Gasteiger partial charge in [0.15, 0.2) is 0 Å². The number of halogens is 4. The van der Waals surface area contributed by atoms with Crippen LogP contribution in [-0.2, 0) is 13.6 Å². The number of aliphatic hydroxyl groups is 2. The van der Waals surface area contributed by atoms with E-state index in [2.05, 4.69) is 9.05 Å². The van der Waals surface area contributed by atoms with Crippen molar-refractivity contribution in [1.82, 2.24) is 0 Å². The van der Waals surface area contributed by atoms with Crippen LogP contribution in [0.1, 0.15) is 13.8 Å². The molecule has 0 fully saturated rings. The molecule has 0 aliphatic rings. The average Bonchev–Trinajstić information content (AvgIpc) is 2.25. The van der Waals surface area contributed by atoms with Gasteiger partial charge in [0.1, 0.15) is 0 Å². The Labute approximate surface area is 100 Å². The van der Waals surface area contributed by atoms with E-state index in [1.807, 2.05) is 0 Å². The van der Waals surface area contributed by atoms with Crippen molar-refractivity contribution in [3.05, 3.63) is 23.0 Å². The van der Waals surface area contributed by atoms with Gasteiger partial charge < -0.3 is 10.2 Å². The predicted octanol–water partition coefficient (Wildman–Crippen LogP) is 3.79. The van der Waals surface area contributed by atoms with Crippen LogP contribution in [-0.4, -0.2) is 23.1 Å². The van der Waals surface area contributed by atoms with E-state index >= 15 is 0 Å². The first kappa shape index (κ1) is 16.5. The zero-order valence-corrected chi connectivity index (χ0v) is 10.1. The molecule has 0 spiro atoms. The Morgan fingerprint density at radius 3 is 1.44 bits per heavy atom. The Morgan fingerprint density at radius 2 is 1.22 bits per heavy atom. The summed E-state index contributed by atoms with van der Waals surface area (Å²) in [6.07, 6.45) is -6.47. The molecular formula is C8H10F4O5P+. The topological polar surface area (TPSA) is 76.0 Å². The number of aliphatic hydroxyl groups excluding tert-OH is 2. The summed E-state index contributed by atoms with van der Waals surface area (Å²) in [5, 5.41) is 17.4.